The molecule has 3 rings (SSSR count). The molecule has 3 heterocycles. The number of nitrogens with zero attached hydrogens (tertiary/aromatic N) is 4. The fourth-order valence-corrected chi connectivity index (χ4v) is 2.48. The van der Waals surface area contributed by atoms with Crippen molar-refractivity contribution in [3.8, 4) is 0 Å². The minimum absolute atomic E-state index is 0.259. The molecule has 0 aliphatic carbocycles. The number of hydrogen-bond acceptors (Lipinski definition) is 4. The summed E-state index contributed by atoms with van der Waals surface area (Å²) in [4.78, 5) is 6.76. The quantitative estimate of drug-likeness (QED) is 0.794. The molecule has 2 aromatic heterocycles. The van der Waals surface area contributed by atoms with Gasteiger partial charge < -0.3 is 10.6 Å². The largest absolute Gasteiger partial charge is 0.353 e. The monoisotopic (exact) mass is 231 g/mol. The summed E-state index contributed by atoms with van der Waals surface area (Å²) in [5.74, 6) is 1.00. The maximum absolute atomic E-state index is 6.02. The number of rotatable bonds is 1. The predicted octanol–water partition coefficient (Wildman–Crippen LogP) is 0.965. The normalized spacial score (nSPS) is 21.1. The molecule has 0 amide bonds. The molecule has 0 radical (unpaired) electrons. The van der Waals surface area contributed by atoms with Crippen molar-refractivity contribution in [3.63, 3.8) is 0 Å². The topological polar surface area (TPSA) is 59.5 Å². The molecule has 0 bridgehead atoms. The third-order valence-corrected chi connectivity index (χ3v) is 3.25. The highest BCUT2D eigenvalue weighted by Gasteiger charge is 2.20. The second-order valence-corrected chi connectivity index (χ2v) is 4.71. The van der Waals surface area contributed by atoms with Crippen LogP contribution in [0.15, 0.2) is 18.5 Å². The number of aromatic nitrogens is 3. The standard InChI is InChI=1S/C12H17N5/c1-9-7-11-12(14-4-6-17(11)15-9)16-5-2-3-10(13)8-16/h4,6-7,10H,2-3,5,8,13H2,1H3/t10-/m1/s1. The summed E-state index contributed by atoms with van der Waals surface area (Å²) < 4.78 is 1.89. The smallest absolute Gasteiger partial charge is 0.154 e. The SMILES string of the molecule is Cc1cc2c(N3CCC[C@@H](N)C3)nccn2n1. The van der Waals surface area contributed by atoms with Crippen LogP contribution in [0.4, 0.5) is 5.82 Å². The summed E-state index contributed by atoms with van der Waals surface area (Å²) in [7, 11) is 0. The summed E-state index contributed by atoms with van der Waals surface area (Å²) in [6, 6.07) is 2.33. The zero-order valence-electron chi connectivity index (χ0n) is 10.0. The first-order valence-corrected chi connectivity index (χ1v) is 6.05. The van der Waals surface area contributed by atoms with E-state index in [4.69, 9.17) is 5.73 Å². The van der Waals surface area contributed by atoms with Gasteiger partial charge in [0.2, 0.25) is 0 Å². The molecular weight excluding hydrogens is 214 g/mol. The summed E-state index contributed by atoms with van der Waals surface area (Å²) in [5.41, 5.74) is 8.10. The second kappa shape index (κ2) is 4.00. The average molecular weight is 231 g/mol. The first-order chi connectivity index (χ1) is 8.24. The van der Waals surface area contributed by atoms with Gasteiger partial charge in [0.05, 0.1) is 5.69 Å². The van der Waals surface area contributed by atoms with Crippen molar-refractivity contribution in [1.82, 2.24) is 14.6 Å². The molecule has 0 aromatic carbocycles. The highest BCUT2D eigenvalue weighted by molar-refractivity contribution is 5.69. The average Bonchev–Trinajstić information content (AvgIpc) is 2.68. The molecule has 5 heteroatoms. The molecule has 0 spiro atoms. The summed E-state index contributed by atoms with van der Waals surface area (Å²) in [5, 5.41) is 4.41. The van der Waals surface area contributed by atoms with E-state index >= 15 is 0 Å². The van der Waals surface area contributed by atoms with E-state index in [1.54, 1.807) is 6.20 Å². The van der Waals surface area contributed by atoms with Crippen LogP contribution in [0.3, 0.4) is 0 Å². The van der Waals surface area contributed by atoms with Crippen molar-refractivity contribution >= 4 is 11.3 Å². The third kappa shape index (κ3) is 1.86. The summed E-state index contributed by atoms with van der Waals surface area (Å²) >= 11 is 0. The lowest BCUT2D eigenvalue weighted by atomic mass is 10.1. The molecule has 17 heavy (non-hydrogen) atoms. The van der Waals surface area contributed by atoms with Crippen LogP contribution in [0.25, 0.3) is 5.52 Å². The molecule has 2 N–H and O–H groups in total. The van der Waals surface area contributed by atoms with Gasteiger partial charge in [0, 0.05) is 31.5 Å². The first-order valence-electron chi connectivity index (χ1n) is 6.05. The van der Waals surface area contributed by atoms with Crippen LogP contribution in [0, 0.1) is 6.92 Å². The van der Waals surface area contributed by atoms with Crippen LogP contribution >= 0.6 is 0 Å². The van der Waals surface area contributed by atoms with Gasteiger partial charge in [0.25, 0.3) is 0 Å². The Labute approximate surface area is 100 Å². The molecule has 5 nitrogen and oxygen atoms in total. The Hall–Kier alpha value is -1.62. The Balaban J connectivity index is 2.04. The highest BCUT2D eigenvalue weighted by atomic mass is 15.3. The number of aryl methyl sites for hydroxylation is 1. The van der Waals surface area contributed by atoms with Gasteiger partial charge in [0.1, 0.15) is 5.52 Å². The van der Waals surface area contributed by atoms with Crippen LogP contribution in [-0.2, 0) is 0 Å². The molecule has 1 fully saturated rings. The lowest BCUT2D eigenvalue weighted by Gasteiger charge is -2.31. The van der Waals surface area contributed by atoms with E-state index in [0.29, 0.717) is 0 Å². The van der Waals surface area contributed by atoms with Gasteiger partial charge in [0.15, 0.2) is 5.82 Å². The van der Waals surface area contributed by atoms with E-state index in [9.17, 15) is 0 Å². The van der Waals surface area contributed by atoms with Crippen molar-refractivity contribution in [2.24, 2.45) is 5.73 Å². The van der Waals surface area contributed by atoms with Gasteiger partial charge in [-0.25, -0.2) is 9.50 Å². The molecule has 0 saturated carbocycles. The van der Waals surface area contributed by atoms with E-state index in [1.165, 1.54) is 0 Å². The molecule has 2 aromatic rings. The van der Waals surface area contributed by atoms with Gasteiger partial charge in [-0.3, -0.25) is 0 Å². The van der Waals surface area contributed by atoms with E-state index in [-0.39, 0.29) is 6.04 Å². The van der Waals surface area contributed by atoms with Crippen LogP contribution in [0.5, 0.6) is 0 Å². The van der Waals surface area contributed by atoms with E-state index in [1.807, 2.05) is 17.6 Å². The lowest BCUT2D eigenvalue weighted by Crippen LogP contribution is -2.43. The van der Waals surface area contributed by atoms with Gasteiger partial charge in [-0.1, -0.05) is 0 Å². The van der Waals surface area contributed by atoms with Crippen molar-refractivity contribution in [2.45, 2.75) is 25.8 Å². The van der Waals surface area contributed by atoms with Gasteiger partial charge >= 0.3 is 0 Å². The Morgan fingerprint density at radius 1 is 1.47 bits per heavy atom. The Morgan fingerprint density at radius 3 is 3.18 bits per heavy atom. The number of nitrogens with two attached hydrogens (primary N) is 1. The van der Waals surface area contributed by atoms with E-state index in [2.05, 4.69) is 21.0 Å². The van der Waals surface area contributed by atoms with Crippen molar-refractivity contribution < 1.29 is 0 Å². The highest BCUT2D eigenvalue weighted by Crippen LogP contribution is 2.22. The third-order valence-electron chi connectivity index (χ3n) is 3.25. The Kier molecular flexibility index (Phi) is 2.48. The number of fused-ring (bicyclic) bond motifs is 1. The van der Waals surface area contributed by atoms with Crippen molar-refractivity contribution in [3.05, 3.63) is 24.2 Å². The molecule has 1 aliphatic rings. The molecule has 1 saturated heterocycles. The summed E-state index contributed by atoms with van der Waals surface area (Å²) in [6.45, 7) is 3.92. The molecule has 0 unspecified atom stereocenters. The summed E-state index contributed by atoms with van der Waals surface area (Å²) in [6.07, 6.45) is 5.93. The Morgan fingerprint density at radius 2 is 2.35 bits per heavy atom. The zero-order valence-corrected chi connectivity index (χ0v) is 10.0. The van der Waals surface area contributed by atoms with E-state index < -0.39 is 0 Å². The molecule has 1 aliphatic heterocycles. The molecule has 1 atom stereocenters. The van der Waals surface area contributed by atoms with Gasteiger partial charge in [-0.15, -0.1) is 0 Å². The Bertz CT molecular complexity index is 533. The van der Waals surface area contributed by atoms with Crippen molar-refractivity contribution in [2.75, 3.05) is 18.0 Å². The predicted molar refractivity (Wildman–Crippen MR) is 67.1 cm³/mol. The van der Waals surface area contributed by atoms with Gasteiger partial charge in [-0.05, 0) is 25.8 Å². The molecule has 90 valence electrons. The number of anilines is 1. The second-order valence-electron chi connectivity index (χ2n) is 4.71. The fourth-order valence-electron chi connectivity index (χ4n) is 2.48. The fraction of sp³-hybridized carbons (Fsp3) is 0.500. The maximum Gasteiger partial charge on any atom is 0.154 e. The van der Waals surface area contributed by atoms with Crippen LogP contribution in [-0.4, -0.2) is 33.7 Å². The lowest BCUT2D eigenvalue weighted by molar-refractivity contribution is 0.503. The first kappa shape index (κ1) is 10.5. The van der Waals surface area contributed by atoms with Gasteiger partial charge in [-0.2, -0.15) is 5.10 Å². The zero-order chi connectivity index (χ0) is 11.8. The number of hydrogen-bond donors (Lipinski definition) is 1. The van der Waals surface area contributed by atoms with Crippen LogP contribution < -0.4 is 10.6 Å². The number of piperidine rings is 1. The van der Waals surface area contributed by atoms with Crippen molar-refractivity contribution in [1.29, 1.82) is 0 Å². The minimum Gasteiger partial charge on any atom is -0.353 e. The van der Waals surface area contributed by atoms with Crippen LogP contribution in [0.2, 0.25) is 0 Å². The maximum atomic E-state index is 6.02. The molecular formula is C12H17N5. The minimum atomic E-state index is 0.259. The van der Waals surface area contributed by atoms with Crippen LogP contribution in [0.1, 0.15) is 18.5 Å². The van der Waals surface area contributed by atoms with E-state index in [0.717, 1.165) is 43.0 Å².